The molecule has 3 rings (SSSR count). The van der Waals surface area contributed by atoms with E-state index in [1.165, 1.54) is 24.8 Å². The normalized spacial score (nSPS) is 25.2. The maximum absolute atomic E-state index is 6.19. The lowest BCUT2D eigenvalue weighted by Crippen LogP contribution is -2.39. The van der Waals surface area contributed by atoms with E-state index in [9.17, 15) is 0 Å². The van der Waals surface area contributed by atoms with Gasteiger partial charge in [0.2, 0.25) is 0 Å². The van der Waals surface area contributed by atoms with Gasteiger partial charge in [0.25, 0.3) is 0 Å². The molecule has 26 heavy (non-hydrogen) atoms. The standard InChI is InChI=1S/C21H33N3O2/c1-4-6-16-12-19(16)24-21(22-5-2)23-13-17-8-7-15(3)11-20(17)26-18-9-10-25-14-18/h7-8,11,16,18-19H,4-6,9-10,12-14H2,1-3H3,(H2,22,23,24). The monoisotopic (exact) mass is 359 g/mol. The molecule has 144 valence electrons. The molecule has 1 aliphatic carbocycles. The van der Waals surface area contributed by atoms with E-state index in [-0.39, 0.29) is 6.10 Å². The molecule has 5 heteroatoms. The third-order valence-corrected chi connectivity index (χ3v) is 5.06. The average Bonchev–Trinajstić information content (AvgIpc) is 3.13. The van der Waals surface area contributed by atoms with Gasteiger partial charge in [-0.3, -0.25) is 0 Å². The Morgan fingerprint density at radius 2 is 2.23 bits per heavy atom. The molecule has 1 aromatic rings. The van der Waals surface area contributed by atoms with Gasteiger partial charge in [0.05, 0.1) is 19.8 Å². The SMILES string of the molecule is CCCC1CC1NC(=NCc1ccc(C)cc1OC1CCOC1)NCC. The molecule has 0 amide bonds. The van der Waals surface area contributed by atoms with Crippen LogP contribution in [0.15, 0.2) is 23.2 Å². The van der Waals surface area contributed by atoms with Crippen LogP contribution in [0.1, 0.15) is 50.7 Å². The molecule has 5 nitrogen and oxygen atoms in total. The lowest BCUT2D eigenvalue weighted by Gasteiger charge is -2.16. The van der Waals surface area contributed by atoms with Crippen molar-refractivity contribution in [1.29, 1.82) is 0 Å². The first-order valence-electron chi connectivity index (χ1n) is 10.1. The van der Waals surface area contributed by atoms with Gasteiger partial charge >= 0.3 is 0 Å². The van der Waals surface area contributed by atoms with Gasteiger partial charge in [0.1, 0.15) is 11.9 Å². The number of guanidine groups is 1. The van der Waals surface area contributed by atoms with Crippen LogP contribution >= 0.6 is 0 Å². The first-order chi connectivity index (χ1) is 12.7. The molecule has 1 aliphatic heterocycles. The van der Waals surface area contributed by atoms with Crippen molar-refractivity contribution in [2.24, 2.45) is 10.9 Å². The summed E-state index contributed by atoms with van der Waals surface area (Å²) in [6.45, 7) is 9.41. The molecule has 1 heterocycles. The van der Waals surface area contributed by atoms with E-state index < -0.39 is 0 Å². The first kappa shape index (κ1) is 19.0. The molecule has 1 saturated heterocycles. The lowest BCUT2D eigenvalue weighted by molar-refractivity contribution is 0.140. The molecule has 1 saturated carbocycles. The Hall–Kier alpha value is -1.75. The predicted octanol–water partition coefficient (Wildman–Crippen LogP) is 3.41. The number of nitrogens with one attached hydrogen (secondary N) is 2. The Kier molecular flexibility index (Phi) is 6.78. The summed E-state index contributed by atoms with van der Waals surface area (Å²) in [5, 5.41) is 6.95. The molecule has 0 aromatic heterocycles. The van der Waals surface area contributed by atoms with Gasteiger partial charge in [-0.25, -0.2) is 4.99 Å². The van der Waals surface area contributed by atoms with Crippen molar-refractivity contribution in [2.45, 2.75) is 65.1 Å². The number of aliphatic imine (C=N–C) groups is 1. The summed E-state index contributed by atoms with van der Waals surface area (Å²) < 4.78 is 11.6. The van der Waals surface area contributed by atoms with Crippen LogP contribution in [0.25, 0.3) is 0 Å². The molecule has 0 spiro atoms. The van der Waals surface area contributed by atoms with Crippen molar-refractivity contribution >= 4 is 5.96 Å². The number of nitrogens with zero attached hydrogens (tertiary/aromatic N) is 1. The number of rotatable bonds is 8. The van der Waals surface area contributed by atoms with Crippen LogP contribution in [0.2, 0.25) is 0 Å². The Balaban J connectivity index is 1.64. The summed E-state index contributed by atoms with van der Waals surface area (Å²) in [5.74, 6) is 2.66. The fourth-order valence-corrected chi connectivity index (χ4v) is 3.46. The van der Waals surface area contributed by atoms with Gasteiger partial charge in [0, 0.05) is 24.6 Å². The van der Waals surface area contributed by atoms with Crippen molar-refractivity contribution in [3.05, 3.63) is 29.3 Å². The van der Waals surface area contributed by atoms with Gasteiger partial charge in [-0.2, -0.15) is 0 Å². The van der Waals surface area contributed by atoms with Crippen LogP contribution in [0, 0.1) is 12.8 Å². The summed E-state index contributed by atoms with van der Waals surface area (Å²) in [6, 6.07) is 6.95. The molecule has 3 unspecified atom stereocenters. The van der Waals surface area contributed by atoms with Crippen LogP contribution in [0.4, 0.5) is 0 Å². The summed E-state index contributed by atoms with van der Waals surface area (Å²) in [5.41, 5.74) is 2.33. The second-order valence-corrected chi connectivity index (χ2v) is 7.45. The minimum absolute atomic E-state index is 0.159. The number of aryl methyl sites for hydroxylation is 1. The number of ether oxygens (including phenoxy) is 2. The van der Waals surface area contributed by atoms with E-state index in [2.05, 4.69) is 49.6 Å². The fourth-order valence-electron chi connectivity index (χ4n) is 3.46. The van der Waals surface area contributed by atoms with Crippen LogP contribution in [0.5, 0.6) is 5.75 Å². The van der Waals surface area contributed by atoms with Crippen LogP contribution < -0.4 is 15.4 Å². The summed E-state index contributed by atoms with van der Waals surface area (Å²) in [7, 11) is 0. The largest absolute Gasteiger partial charge is 0.488 e. The Morgan fingerprint density at radius 1 is 1.35 bits per heavy atom. The highest BCUT2D eigenvalue weighted by Gasteiger charge is 2.36. The Morgan fingerprint density at radius 3 is 2.96 bits per heavy atom. The second kappa shape index (κ2) is 9.26. The lowest BCUT2D eigenvalue weighted by atomic mass is 10.1. The second-order valence-electron chi connectivity index (χ2n) is 7.45. The summed E-state index contributed by atoms with van der Waals surface area (Å²) >= 11 is 0. The van der Waals surface area contributed by atoms with E-state index in [0.29, 0.717) is 19.2 Å². The van der Waals surface area contributed by atoms with Gasteiger partial charge in [0.15, 0.2) is 5.96 Å². The van der Waals surface area contributed by atoms with Crippen molar-refractivity contribution in [3.8, 4) is 5.75 Å². The van der Waals surface area contributed by atoms with Crippen LogP contribution in [0.3, 0.4) is 0 Å². The first-order valence-corrected chi connectivity index (χ1v) is 10.1. The van der Waals surface area contributed by atoms with Crippen molar-refractivity contribution in [3.63, 3.8) is 0 Å². The Bertz CT molecular complexity index is 611. The average molecular weight is 360 g/mol. The van der Waals surface area contributed by atoms with Crippen LogP contribution in [-0.4, -0.2) is 37.9 Å². The van der Waals surface area contributed by atoms with E-state index in [0.717, 1.165) is 42.8 Å². The van der Waals surface area contributed by atoms with Crippen molar-refractivity contribution in [1.82, 2.24) is 10.6 Å². The minimum atomic E-state index is 0.159. The van der Waals surface area contributed by atoms with E-state index in [1.54, 1.807) is 0 Å². The molecule has 0 radical (unpaired) electrons. The molecule has 2 fully saturated rings. The van der Waals surface area contributed by atoms with E-state index in [4.69, 9.17) is 14.5 Å². The number of hydrogen-bond acceptors (Lipinski definition) is 3. The molecule has 2 aliphatic rings. The quantitative estimate of drug-likeness (QED) is 0.552. The van der Waals surface area contributed by atoms with E-state index in [1.807, 2.05) is 0 Å². The maximum atomic E-state index is 6.19. The zero-order chi connectivity index (χ0) is 18.4. The molecule has 1 aromatic carbocycles. The van der Waals surface area contributed by atoms with Crippen molar-refractivity contribution < 1.29 is 9.47 Å². The Labute approximate surface area is 157 Å². The molecule has 0 bridgehead atoms. The van der Waals surface area contributed by atoms with Gasteiger partial charge < -0.3 is 20.1 Å². The smallest absolute Gasteiger partial charge is 0.191 e. The zero-order valence-corrected chi connectivity index (χ0v) is 16.4. The highest BCUT2D eigenvalue weighted by molar-refractivity contribution is 5.80. The molecule has 3 atom stereocenters. The number of hydrogen-bond donors (Lipinski definition) is 2. The third-order valence-electron chi connectivity index (χ3n) is 5.06. The van der Waals surface area contributed by atoms with Crippen LogP contribution in [-0.2, 0) is 11.3 Å². The zero-order valence-electron chi connectivity index (χ0n) is 16.4. The minimum Gasteiger partial charge on any atom is -0.488 e. The van der Waals surface area contributed by atoms with Gasteiger partial charge in [-0.1, -0.05) is 25.5 Å². The fraction of sp³-hybridized carbons (Fsp3) is 0.667. The summed E-state index contributed by atoms with van der Waals surface area (Å²) in [6.07, 6.45) is 4.94. The summed E-state index contributed by atoms with van der Waals surface area (Å²) in [4.78, 5) is 4.81. The third kappa shape index (κ3) is 5.37. The van der Waals surface area contributed by atoms with E-state index >= 15 is 0 Å². The molecule has 2 N–H and O–H groups in total. The highest BCUT2D eigenvalue weighted by atomic mass is 16.5. The molecular formula is C21H33N3O2. The maximum Gasteiger partial charge on any atom is 0.191 e. The van der Waals surface area contributed by atoms with Gasteiger partial charge in [-0.15, -0.1) is 0 Å². The predicted molar refractivity (Wildman–Crippen MR) is 106 cm³/mol. The molecular weight excluding hydrogens is 326 g/mol. The highest BCUT2D eigenvalue weighted by Crippen LogP contribution is 2.34. The number of benzene rings is 1. The van der Waals surface area contributed by atoms with Gasteiger partial charge in [-0.05, 0) is 44.2 Å². The topological polar surface area (TPSA) is 54.9 Å². The van der Waals surface area contributed by atoms with Crippen molar-refractivity contribution in [2.75, 3.05) is 19.8 Å².